The monoisotopic (exact) mass is 429 g/mol. The smallest absolute Gasteiger partial charge is 0.364 e. The first-order chi connectivity index (χ1) is 15.7. The number of hydrogen-bond donors (Lipinski definition) is 0. The number of carbonyl (C=O) groups is 1. The molecule has 0 saturated carbocycles. The summed E-state index contributed by atoms with van der Waals surface area (Å²) < 4.78 is 33.1. The van der Waals surface area contributed by atoms with Crippen LogP contribution in [0, 0.1) is 0 Å². The molecule has 0 atom stereocenters. The van der Waals surface area contributed by atoms with E-state index in [1.165, 1.54) is 6.26 Å². The SMILES string of the molecule is COc1ccc2c(c1)C(=C1N=C(c3ccco3)OC1=O)C=C(c1ccc3c(c1)OCO3)O2. The number of benzene rings is 2. The zero-order valence-corrected chi connectivity index (χ0v) is 16.8. The highest BCUT2D eigenvalue weighted by molar-refractivity contribution is 6.15. The maximum Gasteiger partial charge on any atom is 0.364 e. The third kappa shape index (κ3) is 2.92. The standard InChI is InChI=1S/C24H15NO7/c1-27-14-5-7-17-15(10-14)16(22-24(26)32-23(25-22)19-3-2-8-28-19)11-20(31-17)13-4-6-18-21(9-13)30-12-29-18/h2-11H,12H2,1H3. The van der Waals surface area contributed by atoms with Crippen molar-refractivity contribution >= 4 is 23.2 Å². The van der Waals surface area contributed by atoms with Gasteiger partial charge in [0.15, 0.2) is 23.0 Å². The van der Waals surface area contributed by atoms with Crippen LogP contribution in [0.5, 0.6) is 23.0 Å². The summed E-state index contributed by atoms with van der Waals surface area (Å²) in [6, 6.07) is 14.2. The molecule has 8 nitrogen and oxygen atoms in total. The molecular weight excluding hydrogens is 414 g/mol. The molecule has 4 heterocycles. The second-order valence-corrected chi connectivity index (χ2v) is 7.09. The number of hydrogen-bond acceptors (Lipinski definition) is 8. The molecule has 2 aromatic carbocycles. The first-order valence-corrected chi connectivity index (χ1v) is 9.76. The molecule has 0 radical (unpaired) electrons. The number of esters is 1. The summed E-state index contributed by atoms with van der Waals surface area (Å²) in [5.41, 5.74) is 2.11. The minimum Gasteiger partial charge on any atom is -0.497 e. The summed E-state index contributed by atoms with van der Waals surface area (Å²) in [4.78, 5) is 17.2. The average Bonchev–Trinajstić information content (AvgIpc) is 3.58. The van der Waals surface area contributed by atoms with Gasteiger partial charge in [0.25, 0.3) is 5.90 Å². The summed E-state index contributed by atoms with van der Waals surface area (Å²) in [6.07, 6.45) is 3.24. The zero-order chi connectivity index (χ0) is 21.7. The van der Waals surface area contributed by atoms with Gasteiger partial charge in [0, 0.05) is 16.7 Å². The van der Waals surface area contributed by atoms with Gasteiger partial charge in [-0.1, -0.05) is 0 Å². The summed E-state index contributed by atoms with van der Waals surface area (Å²) in [5.74, 6) is 2.88. The van der Waals surface area contributed by atoms with E-state index in [1.54, 1.807) is 43.5 Å². The Morgan fingerprint density at radius 1 is 0.969 bits per heavy atom. The van der Waals surface area contributed by atoms with Crippen LogP contribution < -0.4 is 18.9 Å². The van der Waals surface area contributed by atoms with Crippen molar-refractivity contribution in [3.8, 4) is 23.0 Å². The Balaban J connectivity index is 1.53. The Hall–Kier alpha value is -4.46. The summed E-state index contributed by atoms with van der Waals surface area (Å²) in [7, 11) is 1.57. The fraction of sp³-hybridized carbons (Fsp3) is 0.0833. The Bertz CT molecular complexity index is 1350. The Labute approximate surface area is 181 Å². The van der Waals surface area contributed by atoms with Gasteiger partial charge < -0.3 is 28.1 Å². The largest absolute Gasteiger partial charge is 0.497 e. The summed E-state index contributed by atoms with van der Waals surface area (Å²) in [6.45, 7) is 0.173. The van der Waals surface area contributed by atoms with E-state index in [4.69, 9.17) is 28.1 Å². The molecular formula is C24H15NO7. The van der Waals surface area contributed by atoms with E-state index >= 15 is 0 Å². The van der Waals surface area contributed by atoms with Crippen LogP contribution in [0.3, 0.4) is 0 Å². The van der Waals surface area contributed by atoms with Gasteiger partial charge in [-0.2, -0.15) is 0 Å². The molecule has 0 aliphatic carbocycles. The van der Waals surface area contributed by atoms with E-state index in [0.717, 1.165) is 5.56 Å². The summed E-state index contributed by atoms with van der Waals surface area (Å²) >= 11 is 0. The van der Waals surface area contributed by atoms with Crippen LogP contribution in [0.25, 0.3) is 11.3 Å². The molecule has 6 rings (SSSR count). The highest BCUT2D eigenvalue weighted by Crippen LogP contribution is 2.43. The first kappa shape index (κ1) is 18.3. The van der Waals surface area contributed by atoms with Gasteiger partial charge in [0.05, 0.1) is 13.4 Å². The fourth-order valence-electron chi connectivity index (χ4n) is 3.66. The van der Waals surface area contributed by atoms with Gasteiger partial charge in [-0.25, -0.2) is 9.79 Å². The Morgan fingerprint density at radius 3 is 2.69 bits per heavy atom. The molecule has 0 N–H and O–H groups in total. The van der Waals surface area contributed by atoms with Gasteiger partial charge >= 0.3 is 5.97 Å². The number of carbonyl (C=O) groups excluding carboxylic acids is 1. The molecule has 8 heteroatoms. The van der Waals surface area contributed by atoms with Crippen LogP contribution in [-0.4, -0.2) is 25.8 Å². The van der Waals surface area contributed by atoms with Crippen molar-refractivity contribution in [1.29, 1.82) is 0 Å². The number of cyclic esters (lactones) is 1. The Morgan fingerprint density at radius 2 is 1.84 bits per heavy atom. The van der Waals surface area contributed by atoms with Crippen LogP contribution in [0.1, 0.15) is 16.9 Å². The van der Waals surface area contributed by atoms with Gasteiger partial charge in [-0.05, 0) is 54.6 Å². The van der Waals surface area contributed by atoms with Gasteiger partial charge in [0.1, 0.15) is 17.3 Å². The van der Waals surface area contributed by atoms with Crippen molar-refractivity contribution in [2.75, 3.05) is 13.9 Å². The van der Waals surface area contributed by atoms with E-state index in [-0.39, 0.29) is 18.4 Å². The minimum absolute atomic E-state index is 0.108. The summed E-state index contributed by atoms with van der Waals surface area (Å²) in [5, 5.41) is 0. The number of ether oxygens (including phenoxy) is 5. The third-order valence-electron chi connectivity index (χ3n) is 5.21. The first-order valence-electron chi connectivity index (χ1n) is 9.76. The number of methoxy groups -OCH3 is 1. The van der Waals surface area contributed by atoms with Gasteiger partial charge in [-0.3, -0.25) is 0 Å². The molecule has 0 saturated heterocycles. The van der Waals surface area contributed by atoms with E-state index in [1.807, 2.05) is 18.2 Å². The molecule has 1 aromatic heterocycles. The van der Waals surface area contributed by atoms with E-state index < -0.39 is 5.97 Å². The lowest BCUT2D eigenvalue weighted by atomic mass is 9.97. The lowest BCUT2D eigenvalue weighted by Gasteiger charge is -2.21. The van der Waals surface area contributed by atoms with E-state index in [9.17, 15) is 4.79 Å². The molecule has 158 valence electrons. The molecule has 0 amide bonds. The van der Waals surface area contributed by atoms with Crippen molar-refractivity contribution in [3.63, 3.8) is 0 Å². The molecule has 0 bridgehead atoms. The van der Waals surface area contributed by atoms with Crippen LogP contribution in [-0.2, 0) is 9.53 Å². The lowest BCUT2D eigenvalue weighted by molar-refractivity contribution is -0.130. The number of fused-ring (bicyclic) bond motifs is 2. The van der Waals surface area contributed by atoms with Crippen LogP contribution in [0.15, 0.2) is 76.0 Å². The molecule has 3 aromatic rings. The average molecular weight is 429 g/mol. The van der Waals surface area contributed by atoms with Crippen molar-refractivity contribution < 1.29 is 32.9 Å². The minimum atomic E-state index is -0.580. The van der Waals surface area contributed by atoms with Crippen molar-refractivity contribution in [2.24, 2.45) is 4.99 Å². The maximum atomic E-state index is 12.8. The number of furan rings is 1. The maximum absolute atomic E-state index is 12.8. The van der Waals surface area contributed by atoms with Crippen LogP contribution in [0.4, 0.5) is 0 Å². The predicted octanol–water partition coefficient (Wildman–Crippen LogP) is 4.17. The normalized spacial score (nSPS) is 18.5. The van der Waals surface area contributed by atoms with E-state index in [0.29, 0.717) is 45.7 Å². The van der Waals surface area contributed by atoms with Crippen LogP contribution >= 0.6 is 0 Å². The predicted molar refractivity (Wildman–Crippen MR) is 112 cm³/mol. The third-order valence-corrected chi connectivity index (χ3v) is 5.21. The topological polar surface area (TPSA) is 88.7 Å². The van der Waals surface area contributed by atoms with Gasteiger partial charge in [-0.15, -0.1) is 0 Å². The highest BCUT2D eigenvalue weighted by atomic mass is 16.7. The Kier molecular flexibility index (Phi) is 4.04. The molecule has 0 unspecified atom stereocenters. The molecule has 3 aliphatic heterocycles. The molecule has 3 aliphatic rings. The van der Waals surface area contributed by atoms with Crippen molar-refractivity contribution in [3.05, 3.63) is 83.5 Å². The molecule has 0 spiro atoms. The molecule has 32 heavy (non-hydrogen) atoms. The van der Waals surface area contributed by atoms with Gasteiger partial charge in [0.2, 0.25) is 6.79 Å². The number of aliphatic imine (C=N–C) groups is 1. The van der Waals surface area contributed by atoms with Crippen molar-refractivity contribution in [2.45, 2.75) is 0 Å². The fourth-order valence-corrected chi connectivity index (χ4v) is 3.66. The second-order valence-electron chi connectivity index (χ2n) is 7.09. The number of allylic oxidation sites excluding steroid dienone is 2. The van der Waals surface area contributed by atoms with E-state index in [2.05, 4.69) is 4.99 Å². The second kappa shape index (κ2) is 7.05. The highest BCUT2D eigenvalue weighted by Gasteiger charge is 2.32. The molecule has 0 fully saturated rings. The quantitative estimate of drug-likeness (QED) is 0.456. The number of nitrogens with zero attached hydrogens (tertiary/aromatic N) is 1. The lowest BCUT2D eigenvalue weighted by Crippen LogP contribution is -2.08. The zero-order valence-electron chi connectivity index (χ0n) is 16.8. The van der Waals surface area contributed by atoms with Crippen LogP contribution in [0.2, 0.25) is 0 Å². The number of rotatable bonds is 3. The van der Waals surface area contributed by atoms with Crippen molar-refractivity contribution in [1.82, 2.24) is 0 Å².